The quantitative estimate of drug-likeness (QED) is 0.540. The number of rotatable bonds is 3. The van der Waals surface area contributed by atoms with Gasteiger partial charge in [-0.3, -0.25) is 0 Å². The van der Waals surface area contributed by atoms with Crippen molar-refractivity contribution in [2.75, 3.05) is 0 Å². The molecule has 3 aromatic heterocycles. The summed E-state index contributed by atoms with van der Waals surface area (Å²) in [6.45, 7) is 5.74. The summed E-state index contributed by atoms with van der Waals surface area (Å²) in [5.74, 6) is -0.260. The lowest BCUT2D eigenvalue weighted by atomic mass is 10.2. The maximum Gasteiger partial charge on any atom is 0.373 e. The van der Waals surface area contributed by atoms with Crippen LogP contribution in [0, 0.1) is 0 Å². The van der Waals surface area contributed by atoms with Crippen molar-refractivity contribution in [1.82, 2.24) is 19.8 Å². The summed E-state index contributed by atoms with van der Waals surface area (Å²) >= 11 is 1.46. The van der Waals surface area contributed by atoms with E-state index in [2.05, 4.69) is 15.3 Å². The molecule has 0 aliphatic carbocycles. The van der Waals surface area contributed by atoms with Gasteiger partial charge in [0.25, 0.3) is 0 Å². The minimum absolute atomic E-state index is 0.183. The van der Waals surface area contributed by atoms with Crippen molar-refractivity contribution in [2.45, 2.75) is 32.9 Å². The van der Waals surface area contributed by atoms with Crippen LogP contribution in [0.25, 0.3) is 15.5 Å². The molecule has 0 aromatic carbocycles. The topological polar surface area (TPSA) is 73.3 Å². The Morgan fingerprint density at radius 1 is 1.36 bits per heavy atom. The highest BCUT2D eigenvalue weighted by molar-refractivity contribution is 7.19. The lowest BCUT2D eigenvalue weighted by Gasteiger charge is -2.18. The van der Waals surface area contributed by atoms with Gasteiger partial charge in [-0.2, -0.15) is 14.2 Å². The zero-order valence-corrected chi connectivity index (χ0v) is 13.4. The maximum absolute atomic E-state index is 11.8. The van der Waals surface area contributed by atoms with Crippen LogP contribution in [0.3, 0.4) is 0 Å². The predicted molar refractivity (Wildman–Crippen MR) is 80.1 cm³/mol. The highest BCUT2D eigenvalue weighted by Crippen LogP contribution is 2.23. The lowest BCUT2D eigenvalue weighted by molar-refractivity contribution is -0.686. The molecule has 0 atom stereocenters. The molecule has 3 heterocycles. The summed E-state index contributed by atoms with van der Waals surface area (Å²) in [5.41, 5.74) is 0.498. The first-order valence-corrected chi connectivity index (χ1v) is 7.60. The number of nitrogens with zero attached hydrogens (tertiary/aromatic N) is 5. The van der Waals surface area contributed by atoms with E-state index in [-0.39, 0.29) is 12.5 Å². The van der Waals surface area contributed by atoms with Crippen molar-refractivity contribution in [3.05, 3.63) is 30.9 Å². The van der Waals surface area contributed by atoms with Crippen LogP contribution in [-0.2, 0) is 16.1 Å². The Kier molecular flexibility index (Phi) is 3.61. The number of aromatic nitrogens is 5. The molecule has 0 aliphatic heterocycles. The molecule has 0 N–H and O–H groups in total. The van der Waals surface area contributed by atoms with Crippen molar-refractivity contribution in [3.63, 3.8) is 0 Å². The normalized spacial score (nSPS) is 11.8. The van der Waals surface area contributed by atoms with Crippen LogP contribution in [0.5, 0.6) is 0 Å². The molecule has 0 saturated carbocycles. The predicted octanol–water partition coefficient (Wildman–Crippen LogP) is 1.48. The summed E-state index contributed by atoms with van der Waals surface area (Å²) in [6, 6.07) is 3.83. The highest BCUT2D eigenvalue weighted by Gasteiger charge is 2.19. The van der Waals surface area contributed by atoms with Gasteiger partial charge >= 0.3 is 5.97 Å². The van der Waals surface area contributed by atoms with E-state index in [4.69, 9.17) is 4.74 Å². The summed E-state index contributed by atoms with van der Waals surface area (Å²) in [7, 11) is 0. The molecule has 3 rings (SSSR count). The second kappa shape index (κ2) is 5.45. The van der Waals surface area contributed by atoms with E-state index in [1.165, 1.54) is 11.3 Å². The van der Waals surface area contributed by atoms with Crippen LogP contribution < -0.4 is 4.57 Å². The summed E-state index contributed by atoms with van der Waals surface area (Å²) in [6.07, 6.45) is 5.24. The summed E-state index contributed by atoms with van der Waals surface area (Å²) in [5, 5.41) is 13.0. The average molecular weight is 318 g/mol. The highest BCUT2D eigenvalue weighted by atomic mass is 32.1. The van der Waals surface area contributed by atoms with E-state index < -0.39 is 5.60 Å². The second-order valence-electron chi connectivity index (χ2n) is 5.81. The van der Waals surface area contributed by atoms with Crippen LogP contribution in [0.2, 0.25) is 0 Å². The Morgan fingerprint density at radius 3 is 2.73 bits per heavy atom. The molecule has 7 nitrogen and oxygen atoms in total. The third-order valence-electron chi connectivity index (χ3n) is 2.76. The van der Waals surface area contributed by atoms with Gasteiger partial charge in [0.2, 0.25) is 11.5 Å². The fraction of sp³-hybridized carbons (Fsp3) is 0.357. The van der Waals surface area contributed by atoms with E-state index in [0.717, 1.165) is 15.5 Å². The number of hydrogen-bond acceptors (Lipinski definition) is 6. The van der Waals surface area contributed by atoms with Gasteiger partial charge in [-0.15, -0.1) is 10.2 Å². The first-order chi connectivity index (χ1) is 10.4. The van der Waals surface area contributed by atoms with Gasteiger partial charge < -0.3 is 4.74 Å². The minimum Gasteiger partial charge on any atom is -0.455 e. The van der Waals surface area contributed by atoms with Crippen molar-refractivity contribution >= 4 is 22.3 Å². The molecular formula is C14H16N5O2S+. The number of carbonyl (C=O) groups excluding carboxylic acids is 1. The molecule has 0 amide bonds. The molecular weight excluding hydrogens is 302 g/mol. The van der Waals surface area contributed by atoms with Gasteiger partial charge in [0, 0.05) is 17.7 Å². The Bertz CT molecular complexity index is 772. The Morgan fingerprint density at radius 2 is 2.09 bits per heavy atom. The number of pyridine rings is 1. The fourth-order valence-electron chi connectivity index (χ4n) is 1.90. The van der Waals surface area contributed by atoms with Crippen molar-refractivity contribution in [3.8, 4) is 10.6 Å². The standard InChI is InChI=1S/C14H16N5O2S/c1-14(2,3)21-11(20)8-18-6-4-10(5-7-18)12-17-19-9-15-16-13(19)22-12/h4-7,9H,8H2,1-3H3/q+1. The molecule has 114 valence electrons. The molecule has 8 heteroatoms. The Balaban J connectivity index is 1.72. The third-order valence-corrected chi connectivity index (χ3v) is 3.72. The molecule has 3 aromatic rings. The monoisotopic (exact) mass is 318 g/mol. The van der Waals surface area contributed by atoms with Crippen LogP contribution >= 0.6 is 11.3 Å². The maximum atomic E-state index is 11.8. The number of ether oxygens (including phenoxy) is 1. The second-order valence-corrected chi connectivity index (χ2v) is 6.77. The lowest BCUT2D eigenvalue weighted by Crippen LogP contribution is -2.40. The van der Waals surface area contributed by atoms with E-state index >= 15 is 0 Å². The number of esters is 1. The van der Waals surface area contributed by atoms with Crippen molar-refractivity contribution in [1.29, 1.82) is 0 Å². The molecule has 0 aliphatic rings. The van der Waals surface area contributed by atoms with E-state index in [1.54, 1.807) is 15.4 Å². The minimum atomic E-state index is -0.471. The van der Waals surface area contributed by atoms with Gasteiger partial charge in [-0.1, -0.05) is 11.3 Å². The van der Waals surface area contributed by atoms with E-state index in [0.29, 0.717) is 0 Å². The Labute approximate surface area is 131 Å². The molecule has 0 fully saturated rings. The summed E-state index contributed by atoms with van der Waals surface area (Å²) < 4.78 is 8.71. The summed E-state index contributed by atoms with van der Waals surface area (Å²) in [4.78, 5) is 12.5. The average Bonchev–Trinajstić information content (AvgIpc) is 2.97. The van der Waals surface area contributed by atoms with Crippen LogP contribution in [0.1, 0.15) is 20.8 Å². The first kappa shape index (κ1) is 14.6. The van der Waals surface area contributed by atoms with Crippen molar-refractivity contribution < 1.29 is 14.1 Å². The molecule has 0 bridgehead atoms. The smallest absolute Gasteiger partial charge is 0.373 e. The molecule has 0 spiro atoms. The van der Waals surface area contributed by atoms with Crippen LogP contribution in [0.15, 0.2) is 30.9 Å². The van der Waals surface area contributed by atoms with Crippen molar-refractivity contribution in [2.24, 2.45) is 0 Å². The molecule has 0 unspecified atom stereocenters. The molecule has 0 saturated heterocycles. The van der Waals surface area contributed by atoms with Gasteiger partial charge in [-0.05, 0) is 20.8 Å². The number of fused-ring (bicyclic) bond motifs is 1. The zero-order chi connectivity index (χ0) is 15.7. The Hall–Kier alpha value is -2.35. The number of hydrogen-bond donors (Lipinski definition) is 0. The van der Waals surface area contributed by atoms with Gasteiger partial charge in [0.15, 0.2) is 12.4 Å². The molecule has 22 heavy (non-hydrogen) atoms. The largest absolute Gasteiger partial charge is 0.455 e. The fourth-order valence-corrected chi connectivity index (χ4v) is 2.73. The number of carbonyl (C=O) groups is 1. The van der Waals surface area contributed by atoms with Crippen LogP contribution in [0.4, 0.5) is 0 Å². The van der Waals surface area contributed by atoms with E-state index in [1.807, 2.05) is 45.3 Å². The SMILES string of the molecule is CC(C)(C)OC(=O)C[n+]1ccc(-c2nn3cnnc3s2)cc1. The van der Waals surface area contributed by atoms with Gasteiger partial charge in [0.05, 0.1) is 0 Å². The third kappa shape index (κ3) is 3.28. The van der Waals surface area contributed by atoms with E-state index in [9.17, 15) is 4.79 Å². The molecule has 0 radical (unpaired) electrons. The first-order valence-electron chi connectivity index (χ1n) is 6.79. The zero-order valence-electron chi connectivity index (χ0n) is 12.6. The van der Waals surface area contributed by atoms with Gasteiger partial charge in [0.1, 0.15) is 16.9 Å². The van der Waals surface area contributed by atoms with Crippen LogP contribution in [-0.4, -0.2) is 31.4 Å². The van der Waals surface area contributed by atoms with Gasteiger partial charge in [-0.25, -0.2) is 4.79 Å².